The van der Waals surface area contributed by atoms with Crippen LogP contribution in [-0.4, -0.2) is 16.1 Å². The van der Waals surface area contributed by atoms with Gasteiger partial charge in [-0.3, -0.25) is 0 Å². The van der Waals surface area contributed by atoms with Gasteiger partial charge in [0.15, 0.2) is 0 Å². The van der Waals surface area contributed by atoms with Crippen molar-refractivity contribution < 1.29 is 8.78 Å². The van der Waals surface area contributed by atoms with Crippen molar-refractivity contribution in [3.8, 4) is 0 Å². The van der Waals surface area contributed by atoms with Gasteiger partial charge in [0.1, 0.15) is 5.69 Å². The van der Waals surface area contributed by atoms with Crippen molar-refractivity contribution in [1.29, 1.82) is 0 Å². The maximum Gasteiger partial charge on any atom is 0.282 e. The molecule has 0 radical (unpaired) electrons. The molecule has 2 heterocycles. The summed E-state index contributed by atoms with van der Waals surface area (Å²) in [6, 6.07) is 0.212. The molecule has 0 amide bonds. The average molecular weight is 187 g/mol. The number of alkyl halides is 2. The Morgan fingerprint density at radius 3 is 3.15 bits per heavy atom. The molecule has 0 bridgehead atoms. The van der Waals surface area contributed by atoms with Crippen LogP contribution in [0.1, 0.15) is 30.8 Å². The number of rotatable bonds is 1. The number of fused-ring (bicyclic) bond motifs is 1. The molecule has 0 aromatic carbocycles. The van der Waals surface area contributed by atoms with Crippen LogP contribution in [-0.2, 0) is 6.54 Å². The predicted molar refractivity (Wildman–Crippen MR) is 43.6 cm³/mol. The second kappa shape index (κ2) is 3.06. The zero-order chi connectivity index (χ0) is 9.42. The van der Waals surface area contributed by atoms with Gasteiger partial charge in [-0.25, -0.2) is 13.8 Å². The van der Waals surface area contributed by atoms with Crippen LogP contribution in [0.25, 0.3) is 0 Å². The monoisotopic (exact) mass is 187 g/mol. The quantitative estimate of drug-likeness (QED) is 0.721. The molecular weight excluding hydrogens is 176 g/mol. The van der Waals surface area contributed by atoms with Crippen LogP contribution >= 0.6 is 0 Å². The third kappa shape index (κ3) is 1.33. The Labute approximate surface area is 74.8 Å². The Balaban J connectivity index is 2.41. The van der Waals surface area contributed by atoms with E-state index in [1.165, 1.54) is 6.33 Å². The second-order valence-corrected chi connectivity index (χ2v) is 3.26. The van der Waals surface area contributed by atoms with E-state index in [0.717, 1.165) is 6.54 Å². The van der Waals surface area contributed by atoms with Crippen molar-refractivity contribution in [2.45, 2.75) is 25.9 Å². The topological polar surface area (TPSA) is 29.9 Å². The number of imidazole rings is 1. The second-order valence-electron chi connectivity index (χ2n) is 3.26. The smallest absolute Gasteiger partial charge is 0.282 e. The van der Waals surface area contributed by atoms with E-state index in [9.17, 15) is 8.78 Å². The maximum atomic E-state index is 12.4. The molecule has 1 N–H and O–H groups in total. The van der Waals surface area contributed by atoms with Gasteiger partial charge in [0, 0.05) is 19.1 Å². The van der Waals surface area contributed by atoms with Crippen molar-refractivity contribution in [2.75, 3.05) is 6.54 Å². The van der Waals surface area contributed by atoms with Crippen LogP contribution in [0.2, 0.25) is 0 Å². The molecule has 0 fully saturated rings. The van der Waals surface area contributed by atoms with E-state index in [4.69, 9.17) is 0 Å². The fraction of sp³-hybridized carbons (Fsp3) is 0.625. The highest BCUT2D eigenvalue weighted by molar-refractivity contribution is 5.16. The van der Waals surface area contributed by atoms with Gasteiger partial charge in [-0.2, -0.15) is 0 Å². The zero-order valence-corrected chi connectivity index (χ0v) is 7.30. The Morgan fingerprint density at radius 2 is 2.46 bits per heavy atom. The van der Waals surface area contributed by atoms with Crippen LogP contribution in [0.5, 0.6) is 0 Å². The summed E-state index contributed by atoms with van der Waals surface area (Å²) in [5, 5.41) is 3.08. The van der Waals surface area contributed by atoms with E-state index in [1.807, 2.05) is 11.5 Å². The average Bonchev–Trinajstić information content (AvgIpc) is 2.48. The summed E-state index contributed by atoms with van der Waals surface area (Å²) in [5.41, 5.74) is 0.535. The zero-order valence-electron chi connectivity index (χ0n) is 7.30. The fourth-order valence-electron chi connectivity index (χ4n) is 1.64. The first-order valence-corrected chi connectivity index (χ1v) is 4.24. The number of nitrogens with zero attached hydrogens (tertiary/aromatic N) is 2. The lowest BCUT2D eigenvalue weighted by Crippen LogP contribution is -2.31. The molecule has 1 aliphatic rings. The molecule has 1 aromatic heterocycles. The van der Waals surface area contributed by atoms with E-state index >= 15 is 0 Å². The number of hydrogen-bond acceptors (Lipinski definition) is 2. The van der Waals surface area contributed by atoms with Gasteiger partial charge in [0.25, 0.3) is 6.43 Å². The standard InChI is InChI=1S/C8H11F2N3/c1-5-2-11-3-6-7(8(9)10)12-4-13(5)6/h4-5,8,11H,2-3H2,1H3. The number of aromatic nitrogens is 2. The molecule has 1 unspecified atom stereocenters. The normalized spacial score (nSPS) is 22.0. The fourth-order valence-corrected chi connectivity index (χ4v) is 1.64. The molecule has 0 saturated carbocycles. The van der Waals surface area contributed by atoms with Gasteiger partial charge in [-0.05, 0) is 6.92 Å². The molecule has 13 heavy (non-hydrogen) atoms. The maximum absolute atomic E-state index is 12.4. The first kappa shape index (κ1) is 8.62. The van der Waals surface area contributed by atoms with E-state index < -0.39 is 6.43 Å². The lowest BCUT2D eigenvalue weighted by Gasteiger charge is -2.23. The molecule has 3 nitrogen and oxygen atoms in total. The van der Waals surface area contributed by atoms with Crippen LogP contribution < -0.4 is 5.32 Å². The molecule has 0 spiro atoms. The molecular formula is C8H11F2N3. The van der Waals surface area contributed by atoms with Gasteiger partial charge in [-0.1, -0.05) is 0 Å². The molecule has 2 rings (SSSR count). The molecule has 5 heteroatoms. The molecule has 0 saturated heterocycles. The van der Waals surface area contributed by atoms with Crippen molar-refractivity contribution in [3.63, 3.8) is 0 Å². The molecule has 1 aliphatic heterocycles. The Morgan fingerprint density at radius 1 is 1.69 bits per heavy atom. The summed E-state index contributed by atoms with van der Waals surface area (Å²) in [6.45, 7) is 3.28. The van der Waals surface area contributed by atoms with E-state index in [2.05, 4.69) is 10.3 Å². The van der Waals surface area contributed by atoms with Crippen molar-refractivity contribution in [3.05, 3.63) is 17.7 Å². The number of halogens is 2. The van der Waals surface area contributed by atoms with Crippen LogP contribution in [0.15, 0.2) is 6.33 Å². The first-order chi connectivity index (χ1) is 6.20. The highest BCUT2D eigenvalue weighted by Crippen LogP contribution is 2.25. The molecule has 1 atom stereocenters. The minimum Gasteiger partial charge on any atom is -0.329 e. The lowest BCUT2D eigenvalue weighted by atomic mass is 10.2. The largest absolute Gasteiger partial charge is 0.329 e. The molecule has 0 aliphatic carbocycles. The molecule has 72 valence electrons. The van der Waals surface area contributed by atoms with Crippen molar-refractivity contribution in [1.82, 2.24) is 14.9 Å². The van der Waals surface area contributed by atoms with E-state index in [0.29, 0.717) is 12.2 Å². The van der Waals surface area contributed by atoms with Crippen molar-refractivity contribution >= 4 is 0 Å². The third-order valence-electron chi connectivity index (χ3n) is 2.34. The Bertz CT molecular complexity index is 295. The van der Waals surface area contributed by atoms with Gasteiger partial charge in [-0.15, -0.1) is 0 Å². The van der Waals surface area contributed by atoms with Crippen molar-refractivity contribution in [2.24, 2.45) is 0 Å². The SMILES string of the molecule is CC1CNCc2c(C(F)F)ncn21. The minimum absolute atomic E-state index is 0.0842. The van der Waals surface area contributed by atoms with Crippen LogP contribution in [0.4, 0.5) is 8.78 Å². The predicted octanol–water partition coefficient (Wildman–Crippen LogP) is 1.48. The van der Waals surface area contributed by atoms with Gasteiger partial charge in [0.05, 0.1) is 12.0 Å². The Hall–Kier alpha value is -0.970. The van der Waals surface area contributed by atoms with Gasteiger partial charge < -0.3 is 9.88 Å². The molecule has 1 aromatic rings. The number of hydrogen-bond donors (Lipinski definition) is 1. The minimum atomic E-state index is -2.47. The summed E-state index contributed by atoms with van der Waals surface area (Å²) in [4.78, 5) is 3.72. The highest BCUT2D eigenvalue weighted by Gasteiger charge is 2.23. The van der Waals surface area contributed by atoms with Crippen LogP contribution in [0.3, 0.4) is 0 Å². The van der Waals surface area contributed by atoms with E-state index in [1.54, 1.807) is 0 Å². The van der Waals surface area contributed by atoms with Crippen LogP contribution in [0, 0.1) is 0 Å². The summed E-state index contributed by atoms with van der Waals surface area (Å²) < 4.78 is 26.6. The van der Waals surface area contributed by atoms with E-state index in [-0.39, 0.29) is 11.7 Å². The Kier molecular flexibility index (Phi) is 2.03. The summed E-state index contributed by atoms with van der Waals surface area (Å²) >= 11 is 0. The summed E-state index contributed by atoms with van der Waals surface area (Å²) in [7, 11) is 0. The van der Waals surface area contributed by atoms with Gasteiger partial charge >= 0.3 is 0 Å². The lowest BCUT2D eigenvalue weighted by molar-refractivity contribution is 0.144. The first-order valence-electron chi connectivity index (χ1n) is 4.24. The number of nitrogens with one attached hydrogen (secondary N) is 1. The summed E-state index contributed by atoms with van der Waals surface area (Å²) in [5.74, 6) is 0. The van der Waals surface area contributed by atoms with Gasteiger partial charge in [0.2, 0.25) is 0 Å². The summed E-state index contributed by atoms with van der Waals surface area (Å²) in [6.07, 6.45) is -0.967. The highest BCUT2D eigenvalue weighted by atomic mass is 19.3. The third-order valence-corrected chi connectivity index (χ3v) is 2.34.